The molecule has 20 nitrogen and oxygen atoms in total. The lowest BCUT2D eigenvalue weighted by atomic mass is 10.1. The third-order valence-corrected chi connectivity index (χ3v) is 8.77. The van der Waals surface area contributed by atoms with E-state index in [0.29, 0.717) is 61.9 Å². The standard InChI is InChI=1S/C19H32N4O6.C18H30N4O6/c1-14(24)20-12-6-4-8-15(22(2)3)19(28)21-13-7-5-9-18(27)29-23-16(25)10-11-17(23)26;1-13(23)19-11-5-4-7-14(21(2)3)18(27)20-12-6-8-17(26)28-22-15(24)9-10-16(22)25/h15H,4-13H2,1-3H3,(H,20,24)(H,21,28);14H,4-12H2,1-3H3,(H,19,23)(H,20,27). The zero-order valence-corrected chi connectivity index (χ0v) is 34.3. The molecule has 0 aromatic heterocycles. The summed E-state index contributed by atoms with van der Waals surface area (Å²) >= 11 is 0. The van der Waals surface area contributed by atoms with Crippen molar-refractivity contribution < 1.29 is 57.6 Å². The van der Waals surface area contributed by atoms with Gasteiger partial charge in [0.1, 0.15) is 0 Å². The summed E-state index contributed by atoms with van der Waals surface area (Å²) in [5.74, 6) is -3.69. The Kier molecular flexibility index (Phi) is 24.2. The maximum atomic E-state index is 12.4. The maximum absolute atomic E-state index is 12.4. The maximum Gasteiger partial charge on any atom is 0.333 e. The van der Waals surface area contributed by atoms with Crippen LogP contribution in [-0.4, -0.2) is 146 Å². The van der Waals surface area contributed by atoms with E-state index in [1.807, 2.05) is 38.0 Å². The largest absolute Gasteiger partial charge is 0.356 e. The van der Waals surface area contributed by atoms with E-state index in [0.717, 1.165) is 25.7 Å². The zero-order chi connectivity index (χ0) is 42.9. The van der Waals surface area contributed by atoms with E-state index < -0.39 is 35.6 Å². The Morgan fingerprint density at radius 2 is 0.825 bits per heavy atom. The first-order chi connectivity index (χ1) is 26.9. The van der Waals surface area contributed by atoms with Crippen LogP contribution in [0.2, 0.25) is 0 Å². The molecule has 0 aliphatic carbocycles. The number of carbonyl (C=O) groups is 10. The lowest BCUT2D eigenvalue weighted by Gasteiger charge is -2.23. The highest BCUT2D eigenvalue weighted by Gasteiger charge is 2.33. The fourth-order valence-corrected chi connectivity index (χ4v) is 5.60. The second kappa shape index (κ2) is 27.6. The first kappa shape index (κ1) is 50.0. The highest BCUT2D eigenvalue weighted by molar-refractivity contribution is 6.02. The fourth-order valence-electron chi connectivity index (χ4n) is 5.60. The van der Waals surface area contributed by atoms with Gasteiger partial charge in [-0.05, 0) is 86.0 Å². The summed E-state index contributed by atoms with van der Waals surface area (Å²) < 4.78 is 0. The molecule has 0 spiro atoms. The van der Waals surface area contributed by atoms with E-state index in [9.17, 15) is 47.9 Å². The second-order valence-corrected chi connectivity index (χ2v) is 14.1. The van der Waals surface area contributed by atoms with Crippen molar-refractivity contribution in [3.05, 3.63) is 0 Å². The minimum Gasteiger partial charge on any atom is -0.356 e. The van der Waals surface area contributed by atoms with E-state index in [-0.39, 0.29) is 80.8 Å². The number of imide groups is 2. The van der Waals surface area contributed by atoms with Crippen molar-refractivity contribution in [3.8, 4) is 0 Å². The van der Waals surface area contributed by atoms with E-state index in [1.54, 1.807) is 0 Å². The molecule has 2 aliphatic heterocycles. The van der Waals surface area contributed by atoms with Gasteiger partial charge in [0.05, 0.1) is 12.1 Å². The lowest BCUT2D eigenvalue weighted by molar-refractivity contribution is -0.197. The predicted octanol–water partition coefficient (Wildman–Crippen LogP) is -0.157. The van der Waals surface area contributed by atoms with Gasteiger partial charge in [-0.1, -0.05) is 0 Å². The molecule has 2 aliphatic rings. The van der Waals surface area contributed by atoms with Crippen LogP contribution in [0.5, 0.6) is 0 Å². The van der Waals surface area contributed by atoms with Gasteiger partial charge in [0.25, 0.3) is 23.6 Å². The van der Waals surface area contributed by atoms with Crippen LogP contribution in [0, 0.1) is 0 Å². The Morgan fingerprint density at radius 1 is 0.509 bits per heavy atom. The van der Waals surface area contributed by atoms with Crippen LogP contribution in [0.3, 0.4) is 0 Å². The Hall–Kier alpha value is -4.98. The third kappa shape index (κ3) is 21.2. The Morgan fingerprint density at radius 3 is 1.18 bits per heavy atom. The Bertz CT molecular complexity index is 1370. The molecule has 4 N–H and O–H groups in total. The second-order valence-electron chi connectivity index (χ2n) is 14.1. The summed E-state index contributed by atoms with van der Waals surface area (Å²) in [6.45, 7) is 4.83. The molecule has 0 bridgehead atoms. The molecule has 2 rings (SSSR count). The van der Waals surface area contributed by atoms with E-state index in [4.69, 9.17) is 9.68 Å². The van der Waals surface area contributed by atoms with Gasteiger partial charge in [-0.15, -0.1) is 10.1 Å². The SMILES string of the molecule is CC(=O)NCCCCC(C(=O)NCCCC(=O)ON1C(=O)CCC1=O)N(C)C.CC(=O)NCCCCC(C(=O)NCCCCC(=O)ON1C(=O)CCC1=O)N(C)C. The van der Waals surface area contributed by atoms with E-state index >= 15 is 0 Å². The molecular weight excluding hydrogens is 748 g/mol. The molecule has 0 aromatic carbocycles. The zero-order valence-electron chi connectivity index (χ0n) is 34.3. The van der Waals surface area contributed by atoms with Crippen molar-refractivity contribution in [1.82, 2.24) is 41.2 Å². The molecule has 2 fully saturated rings. The number of rotatable bonds is 25. The van der Waals surface area contributed by atoms with Gasteiger partial charge in [-0.2, -0.15) is 0 Å². The Balaban J connectivity index is 0.000000570. The molecule has 0 radical (unpaired) electrons. The van der Waals surface area contributed by atoms with Gasteiger partial charge in [0.2, 0.25) is 23.6 Å². The van der Waals surface area contributed by atoms with Gasteiger partial charge in [0, 0.05) is 78.6 Å². The summed E-state index contributed by atoms with van der Waals surface area (Å²) in [5.41, 5.74) is 0. The fraction of sp³-hybridized carbons (Fsp3) is 0.730. The quantitative estimate of drug-likeness (QED) is 0.0692. The molecule has 0 aromatic rings. The van der Waals surface area contributed by atoms with Gasteiger partial charge < -0.3 is 30.9 Å². The van der Waals surface area contributed by atoms with Gasteiger partial charge >= 0.3 is 11.9 Å². The van der Waals surface area contributed by atoms with Crippen molar-refractivity contribution in [2.24, 2.45) is 0 Å². The number of hydrogen-bond acceptors (Lipinski definition) is 14. The summed E-state index contributed by atoms with van der Waals surface area (Å²) in [7, 11) is 7.32. The van der Waals surface area contributed by atoms with Crippen molar-refractivity contribution in [3.63, 3.8) is 0 Å². The highest BCUT2D eigenvalue weighted by atomic mass is 16.7. The summed E-state index contributed by atoms with van der Waals surface area (Å²) in [5, 5.41) is 12.2. The van der Waals surface area contributed by atoms with Gasteiger partial charge in [0.15, 0.2) is 0 Å². The van der Waals surface area contributed by atoms with Crippen LogP contribution in [0.15, 0.2) is 0 Å². The minimum atomic E-state index is -0.681. The lowest BCUT2D eigenvalue weighted by Crippen LogP contribution is -2.44. The molecular formula is C37H62N8O12. The molecule has 2 saturated heterocycles. The molecule has 20 heteroatoms. The normalized spacial score (nSPS) is 14.9. The molecule has 8 amide bonds. The van der Waals surface area contributed by atoms with Gasteiger partial charge in [-0.3, -0.25) is 48.2 Å². The molecule has 322 valence electrons. The van der Waals surface area contributed by atoms with Crippen LogP contribution in [0.1, 0.15) is 110 Å². The molecule has 2 unspecified atom stereocenters. The summed E-state index contributed by atoms with van der Waals surface area (Å²) in [6.07, 6.45) is 6.22. The Labute approximate surface area is 334 Å². The number of nitrogens with zero attached hydrogens (tertiary/aromatic N) is 4. The smallest absolute Gasteiger partial charge is 0.333 e. The van der Waals surface area contributed by atoms with Crippen molar-refractivity contribution in [2.75, 3.05) is 54.4 Å². The average Bonchev–Trinajstić information content (AvgIpc) is 3.62. The van der Waals surface area contributed by atoms with Crippen LogP contribution < -0.4 is 21.3 Å². The van der Waals surface area contributed by atoms with Crippen LogP contribution in [0.25, 0.3) is 0 Å². The van der Waals surface area contributed by atoms with E-state index in [1.165, 1.54) is 13.8 Å². The number of likely N-dealkylation sites (N-methyl/N-ethyl adjacent to an activating group) is 2. The predicted molar refractivity (Wildman–Crippen MR) is 203 cm³/mol. The average molecular weight is 811 g/mol. The number of amides is 8. The number of carbonyl (C=O) groups excluding carboxylic acids is 10. The van der Waals surface area contributed by atoms with Crippen LogP contribution in [-0.2, 0) is 57.6 Å². The van der Waals surface area contributed by atoms with E-state index in [2.05, 4.69) is 21.3 Å². The third-order valence-electron chi connectivity index (χ3n) is 8.77. The van der Waals surface area contributed by atoms with Crippen molar-refractivity contribution >= 4 is 59.2 Å². The van der Waals surface area contributed by atoms with Crippen LogP contribution in [0.4, 0.5) is 0 Å². The molecule has 57 heavy (non-hydrogen) atoms. The summed E-state index contributed by atoms with van der Waals surface area (Å²) in [6, 6.07) is -0.561. The van der Waals surface area contributed by atoms with Crippen molar-refractivity contribution in [1.29, 1.82) is 0 Å². The topological polar surface area (TPSA) is 250 Å². The number of hydrogen-bond donors (Lipinski definition) is 4. The van der Waals surface area contributed by atoms with Crippen LogP contribution >= 0.6 is 0 Å². The minimum absolute atomic E-state index is 0.0132. The number of unbranched alkanes of at least 4 members (excludes halogenated alkanes) is 3. The molecule has 2 heterocycles. The number of hydroxylamine groups is 4. The monoisotopic (exact) mass is 810 g/mol. The summed E-state index contributed by atoms with van der Waals surface area (Å²) in [4.78, 5) is 129. The number of nitrogens with one attached hydrogen (secondary N) is 4. The molecule has 0 saturated carbocycles. The molecule has 2 atom stereocenters. The first-order valence-corrected chi connectivity index (χ1v) is 19.4. The highest BCUT2D eigenvalue weighted by Crippen LogP contribution is 2.14. The van der Waals surface area contributed by atoms with Crippen molar-refractivity contribution in [2.45, 2.75) is 122 Å². The first-order valence-electron chi connectivity index (χ1n) is 19.4. The van der Waals surface area contributed by atoms with Gasteiger partial charge in [-0.25, -0.2) is 9.59 Å².